The fourth-order valence-electron chi connectivity index (χ4n) is 9.02. The Morgan fingerprint density at radius 3 is 1.13 bits per heavy atom. The lowest BCUT2D eigenvalue weighted by Crippen LogP contribution is -2.12. The molecule has 10 aromatic rings. The summed E-state index contributed by atoms with van der Waals surface area (Å²) in [5.41, 5.74) is 11.1. The van der Waals surface area contributed by atoms with E-state index in [4.69, 9.17) is 8.83 Å². The number of hydrogen-bond acceptors (Lipinski definition) is 4. The topological polar surface area (TPSA) is 32.8 Å². The summed E-state index contributed by atoms with van der Waals surface area (Å²) in [6.45, 7) is 18.1. The number of benzene rings is 8. The predicted octanol–water partition coefficient (Wildman–Crippen LogP) is 17.3. The van der Waals surface area contributed by atoms with Crippen LogP contribution in [0.1, 0.15) is 63.8 Å². The van der Waals surface area contributed by atoms with Crippen molar-refractivity contribution in [2.24, 2.45) is 0 Å². The van der Waals surface area contributed by atoms with E-state index >= 15 is 0 Å². The van der Waals surface area contributed by atoms with Gasteiger partial charge in [-0.1, -0.05) is 126 Å². The normalized spacial score (nSPS) is 12.2. The minimum atomic E-state index is -0.105. The number of furan rings is 2. The maximum atomic E-state index is 7.05. The smallest absolute Gasteiger partial charge is 0.205 e. The molecule has 0 saturated heterocycles. The second kappa shape index (κ2) is 14.8. The van der Waals surface area contributed by atoms with E-state index in [1.807, 2.05) is 0 Å². The molecule has 10 rings (SSSR count). The quantitative estimate of drug-likeness (QED) is 0.143. The molecule has 0 aliphatic carbocycles. The van der Waals surface area contributed by atoms with Gasteiger partial charge in [0.15, 0.2) is 0 Å². The molecule has 0 atom stereocenters. The SMILES string of the molecule is Cc1ccccc1N(c1ccccc1)c1ccc(-c2cc3cc(C(C)(C)C)cc4c(-c5ccc(N(c6ccccc6)c6ccccc6C)o5)cc5cc(C(C)(C)C)cc2c5c34)o1. The van der Waals surface area contributed by atoms with E-state index in [-0.39, 0.29) is 10.8 Å². The van der Waals surface area contributed by atoms with Crippen molar-refractivity contribution in [2.75, 3.05) is 9.80 Å². The molecule has 0 spiro atoms. The summed E-state index contributed by atoms with van der Waals surface area (Å²) in [7, 11) is 0. The average molecular weight is 809 g/mol. The molecule has 0 N–H and O–H groups in total. The van der Waals surface area contributed by atoms with Crippen molar-refractivity contribution >= 4 is 66.8 Å². The number of anilines is 6. The first kappa shape index (κ1) is 39.1. The maximum Gasteiger partial charge on any atom is 0.205 e. The Labute approximate surface area is 365 Å². The summed E-state index contributed by atoms with van der Waals surface area (Å²) >= 11 is 0. The standard InChI is InChI=1S/C58H52N2O2/c1-37-19-15-17-25-49(37)59(43-21-11-9-12-22-43)53-29-27-51(61-53)45-33-39-31-42(58(6,7)8)36-48-46(34-40-32-41(57(3,4)5)35-47(45)55(40)56(39)48)52-28-30-54(62-52)60(44-23-13-10-14-24-44)50-26-18-16-20-38(50)2/h9-36H,1-8H3. The minimum absolute atomic E-state index is 0.105. The van der Waals surface area contributed by atoms with Crippen LogP contribution in [0.5, 0.6) is 0 Å². The van der Waals surface area contributed by atoms with Crippen LogP contribution in [-0.4, -0.2) is 0 Å². The number of nitrogens with zero attached hydrogens (tertiary/aromatic N) is 2. The molecule has 62 heavy (non-hydrogen) atoms. The molecule has 4 heteroatoms. The van der Waals surface area contributed by atoms with E-state index < -0.39 is 0 Å². The second-order valence-electron chi connectivity index (χ2n) is 18.8. The van der Waals surface area contributed by atoms with Crippen LogP contribution >= 0.6 is 0 Å². The summed E-state index contributed by atoms with van der Waals surface area (Å²) in [5, 5.41) is 7.19. The highest BCUT2D eigenvalue weighted by atomic mass is 16.4. The van der Waals surface area contributed by atoms with E-state index in [9.17, 15) is 0 Å². The van der Waals surface area contributed by atoms with E-state index in [0.29, 0.717) is 0 Å². The molecule has 0 unspecified atom stereocenters. The lowest BCUT2D eigenvalue weighted by molar-refractivity contribution is 0.587. The highest BCUT2D eigenvalue weighted by Crippen LogP contribution is 2.49. The maximum absolute atomic E-state index is 7.05. The Morgan fingerprint density at radius 2 is 0.758 bits per heavy atom. The molecular weight excluding hydrogens is 757 g/mol. The largest absolute Gasteiger partial charge is 0.440 e. The van der Waals surface area contributed by atoms with Gasteiger partial charge in [-0.25, -0.2) is 0 Å². The molecule has 0 radical (unpaired) electrons. The van der Waals surface area contributed by atoms with Gasteiger partial charge in [0, 0.05) is 34.6 Å². The molecule has 306 valence electrons. The van der Waals surface area contributed by atoms with Crippen molar-refractivity contribution in [1.82, 2.24) is 0 Å². The highest BCUT2D eigenvalue weighted by molar-refractivity contribution is 6.29. The summed E-state index contributed by atoms with van der Waals surface area (Å²) in [6, 6.07) is 60.8. The molecule has 4 nitrogen and oxygen atoms in total. The highest BCUT2D eigenvalue weighted by Gasteiger charge is 2.27. The lowest BCUT2D eigenvalue weighted by atomic mass is 9.79. The summed E-state index contributed by atoms with van der Waals surface area (Å²) < 4.78 is 14.1. The van der Waals surface area contributed by atoms with Crippen LogP contribution in [-0.2, 0) is 10.8 Å². The molecule has 0 aliphatic rings. The van der Waals surface area contributed by atoms with E-state index in [2.05, 4.69) is 235 Å². The van der Waals surface area contributed by atoms with Gasteiger partial charge in [-0.2, -0.15) is 0 Å². The molecule has 0 fully saturated rings. The zero-order chi connectivity index (χ0) is 42.9. The van der Waals surface area contributed by atoms with Crippen LogP contribution in [0, 0.1) is 13.8 Å². The Balaban J connectivity index is 1.22. The third-order valence-electron chi connectivity index (χ3n) is 12.4. The molecule has 0 saturated carbocycles. The van der Waals surface area contributed by atoms with Gasteiger partial charge in [-0.05, 0) is 152 Å². The van der Waals surface area contributed by atoms with Crippen LogP contribution in [0.15, 0.2) is 179 Å². The van der Waals surface area contributed by atoms with Crippen LogP contribution in [0.2, 0.25) is 0 Å². The Bertz CT molecular complexity index is 3010. The van der Waals surface area contributed by atoms with Gasteiger partial charge in [0.1, 0.15) is 11.5 Å². The van der Waals surface area contributed by atoms with Gasteiger partial charge in [0.05, 0.1) is 11.4 Å². The second-order valence-corrected chi connectivity index (χ2v) is 18.8. The van der Waals surface area contributed by atoms with Crippen molar-refractivity contribution in [3.8, 4) is 22.6 Å². The van der Waals surface area contributed by atoms with E-state index in [1.54, 1.807) is 0 Å². The fourth-order valence-corrected chi connectivity index (χ4v) is 9.02. The van der Waals surface area contributed by atoms with Gasteiger partial charge in [0.2, 0.25) is 11.8 Å². The van der Waals surface area contributed by atoms with E-state index in [0.717, 1.165) is 57.2 Å². The zero-order valence-electron chi connectivity index (χ0n) is 36.9. The van der Waals surface area contributed by atoms with Crippen LogP contribution in [0.3, 0.4) is 0 Å². The lowest BCUT2D eigenvalue weighted by Gasteiger charge is -2.26. The van der Waals surface area contributed by atoms with Crippen molar-refractivity contribution in [1.29, 1.82) is 0 Å². The molecule has 2 aromatic heterocycles. The van der Waals surface area contributed by atoms with E-state index in [1.165, 1.54) is 54.6 Å². The molecule has 2 heterocycles. The van der Waals surface area contributed by atoms with Crippen molar-refractivity contribution in [3.63, 3.8) is 0 Å². The number of para-hydroxylation sites is 4. The molecular formula is C58H52N2O2. The molecule has 0 amide bonds. The Hall–Kier alpha value is -7.04. The van der Waals surface area contributed by atoms with Gasteiger partial charge < -0.3 is 8.83 Å². The first-order valence-corrected chi connectivity index (χ1v) is 21.7. The van der Waals surface area contributed by atoms with Gasteiger partial charge in [0.25, 0.3) is 0 Å². The first-order valence-electron chi connectivity index (χ1n) is 21.7. The number of rotatable bonds is 8. The summed E-state index contributed by atoms with van der Waals surface area (Å²) in [5.74, 6) is 3.20. The third kappa shape index (κ3) is 6.80. The van der Waals surface area contributed by atoms with Gasteiger partial charge >= 0.3 is 0 Å². The average Bonchev–Trinajstić information content (AvgIpc) is 3.95. The molecule has 0 bridgehead atoms. The monoisotopic (exact) mass is 808 g/mol. The van der Waals surface area contributed by atoms with Crippen LogP contribution < -0.4 is 9.80 Å². The van der Waals surface area contributed by atoms with Crippen LogP contribution in [0.25, 0.3) is 55.0 Å². The van der Waals surface area contributed by atoms with Gasteiger partial charge in [-0.15, -0.1) is 0 Å². The minimum Gasteiger partial charge on any atom is -0.440 e. The predicted molar refractivity (Wildman–Crippen MR) is 262 cm³/mol. The van der Waals surface area contributed by atoms with Gasteiger partial charge in [-0.3, -0.25) is 9.80 Å². The van der Waals surface area contributed by atoms with Crippen molar-refractivity contribution in [2.45, 2.75) is 66.2 Å². The fraction of sp³-hybridized carbons (Fsp3) is 0.172. The molecule has 8 aromatic carbocycles. The first-order chi connectivity index (χ1) is 29.8. The number of aryl methyl sites for hydroxylation is 2. The van der Waals surface area contributed by atoms with Crippen molar-refractivity contribution in [3.05, 3.63) is 192 Å². The Morgan fingerprint density at radius 1 is 0.387 bits per heavy atom. The third-order valence-corrected chi connectivity index (χ3v) is 12.4. The molecule has 0 aliphatic heterocycles. The zero-order valence-corrected chi connectivity index (χ0v) is 36.9. The van der Waals surface area contributed by atoms with Crippen molar-refractivity contribution < 1.29 is 8.83 Å². The summed E-state index contributed by atoms with van der Waals surface area (Å²) in [4.78, 5) is 4.44. The van der Waals surface area contributed by atoms with Crippen LogP contribution in [0.4, 0.5) is 34.5 Å². The number of hydrogen-bond donors (Lipinski definition) is 0. The summed E-state index contributed by atoms with van der Waals surface area (Å²) in [6.07, 6.45) is 0. The Kier molecular flexibility index (Phi) is 9.37.